The summed E-state index contributed by atoms with van der Waals surface area (Å²) in [6, 6.07) is 1.25. The molecule has 1 heterocycles. The number of nitrogens with zero attached hydrogens (tertiary/aromatic N) is 3. The van der Waals surface area contributed by atoms with Crippen LogP contribution in [0.5, 0.6) is 0 Å². The number of guanidine groups is 1. The average molecular weight is 340 g/mol. The van der Waals surface area contributed by atoms with Gasteiger partial charge in [0.2, 0.25) is 0 Å². The highest BCUT2D eigenvalue weighted by Gasteiger charge is 2.19. The van der Waals surface area contributed by atoms with Crippen LogP contribution in [0.2, 0.25) is 0 Å². The van der Waals surface area contributed by atoms with Crippen molar-refractivity contribution >= 4 is 5.96 Å². The van der Waals surface area contributed by atoms with Crippen LogP contribution in [0, 0.1) is 0 Å². The third-order valence-electron chi connectivity index (χ3n) is 5.23. The van der Waals surface area contributed by atoms with Gasteiger partial charge in [0.25, 0.3) is 0 Å². The quantitative estimate of drug-likeness (QED) is 0.513. The monoisotopic (exact) mass is 339 g/mol. The van der Waals surface area contributed by atoms with E-state index in [1.54, 1.807) is 0 Å². The van der Waals surface area contributed by atoms with Crippen molar-refractivity contribution in [3.63, 3.8) is 0 Å². The van der Waals surface area contributed by atoms with Crippen molar-refractivity contribution < 1.29 is 4.74 Å². The smallest absolute Gasteiger partial charge is 0.191 e. The zero-order valence-electron chi connectivity index (χ0n) is 15.9. The molecule has 0 radical (unpaired) electrons. The highest BCUT2D eigenvalue weighted by molar-refractivity contribution is 5.79. The van der Waals surface area contributed by atoms with Gasteiger partial charge in [0, 0.05) is 44.8 Å². The van der Waals surface area contributed by atoms with Gasteiger partial charge in [-0.15, -0.1) is 0 Å². The maximum Gasteiger partial charge on any atom is 0.191 e. The SMILES string of the molecule is CCNC(=NCC(C)N1CCOCC1)NCCN(C)C1CCCC1. The van der Waals surface area contributed by atoms with E-state index in [1.165, 1.54) is 25.7 Å². The van der Waals surface area contributed by atoms with E-state index in [4.69, 9.17) is 9.73 Å². The van der Waals surface area contributed by atoms with Gasteiger partial charge in [-0.1, -0.05) is 12.8 Å². The fourth-order valence-corrected chi connectivity index (χ4v) is 3.58. The lowest BCUT2D eigenvalue weighted by molar-refractivity contribution is 0.0220. The first-order valence-electron chi connectivity index (χ1n) is 9.75. The van der Waals surface area contributed by atoms with Crippen molar-refractivity contribution in [2.24, 2.45) is 4.99 Å². The Bertz CT molecular complexity index is 364. The Kier molecular flexibility index (Phi) is 8.84. The molecular weight excluding hydrogens is 302 g/mol. The molecule has 6 heteroatoms. The molecule has 2 aliphatic rings. The van der Waals surface area contributed by atoms with E-state index in [0.29, 0.717) is 6.04 Å². The lowest BCUT2D eigenvalue weighted by Crippen LogP contribution is -2.45. The lowest BCUT2D eigenvalue weighted by atomic mass is 10.2. The molecule has 0 spiro atoms. The van der Waals surface area contributed by atoms with E-state index in [0.717, 1.165) is 64.5 Å². The van der Waals surface area contributed by atoms with Crippen LogP contribution >= 0.6 is 0 Å². The van der Waals surface area contributed by atoms with Crippen molar-refractivity contribution in [3.8, 4) is 0 Å². The fourth-order valence-electron chi connectivity index (χ4n) is 3.58. The number of ether oxygens (including phenoxy) is 1. The largest absolute Gasteiger partial charge is 0.379 e. The second-order valence-corrected chi connectivity index (χ2v) is 7.06. The molecule has 1 unspecified atom stereocenters. The molecule has 1 saturated heterocycles. The summed E-state index contributed by atoms with van der Waals surface area (Å²) in [5.41, 5.74) is 0. The first-order chi connectivity index (χ1) is 11.7. The molecule has 1 aliphatic carbocycles. The van der Waals surface area contributed by atoms with Gasteiger partial charge in [0.05, 0.1) is 19.8 Å². The highest BCUT2D eigenvalue weighted by Crippen LogP contribution is 2.21. The number of hydrogen-bond donors (Lipinski definition) is 2. The minimum absolute atomic E-state index is 0.463. The van der Waals surface area contributed by atoms with Gasteiger partial charge < -0.3 is 20.3 Å². The number of morpholine rings is 1. The van der Waals surface area contributed by atoms with E-state index in [-0.39, 0.29) is 0 Å². The molecule has 0 aromatic carbocycles. The number of hydrogen-bond acceptors (Lipinski definition) is 4. The van der Waals surface area contributed by atoms with Gasteiger partial charge in [-0.3, -0.25) is 9.89 Å². The normalized spacial score (nSPS) is 22.1. The Balaban J connectivity index is 1.71. The van der Waals surface area contributed by atoms with Gasteiger partial charge in [-0.25, -0.2) is 0 Å². The van der Waals surface area contributed by atoms with Crippen LogP contribution in [0.4, 0.5) is 0 Å². The molecule has 140 valence electrons. The number of rotatable bonds is 8. The van der Waals surface area contributed by atoms with Crippen LogP contribution < -0.4 is 10.6 Å². The Morgan fingerprint density at radius 2 is 1.96 bits per heavy atom. The summed E-state index contributed by atoms with van der Waals surface area (Å²) in [5.74, 6) is 0.942. The summed E-state index contributed by atoms with van der Waals surface area (Å²) in [6.07, 6.45) is 5.52. The van der Waals surface area contributed by atoms with Crippen LogP contribution in [-0.4, -0.2) is 87.4 Å². The Hall–Kier alpha value is -0.850. The second kappa shape index (κ2) is 10.9. The Labute approximate surface area is 148 Å². The van der Waals surface area contributed by atoms with Crippen molar-refractivity contribution in [3.05, 3.63) is 0 Å². The highest BCUT2D eigenvalue weighted by atomic mass is 16.5. The first-order valence-corrected chi connectivity index (χ1v) is 9.75. The molecule has 2 rings (SSSR count). The zero-order valence-corrected chi connectivity index (χ0v) is 15.9. The summed E-state index contributed by atoms with van der Waals surface area (Å²) < 4.78 is 5.42. The number of likely N-dealkylation sites (N-methyl/N-ethyl adjacent to an activating group) is 1. The van der Waals surface area contributed by atoms with Crippen LogP contribution in [0.3, 0.4) is 0 Å². The van der Waals surface area contributed by atoms with E-state index < -0.39 is 0 Å². The minimum atomic E-state index is 0.463. The van der Waals surface area contributed by atoms with Gasteiger partial charge >= 0.3 is 0 Å². The zero-order chi connectivity index (χ0) is 17.2. The van der Waals surface area contributed by atoms with Crippen molar-refractivity contribution in [2.45, 2.75) is 51.6 Å². The first kappa shape index (κ1) is 19.5. The van der Waals surface area contributed by atoms with E-state index in [9.17, 15) is 0 Å². The molecule has 0 amide bonds. The summed E-state index contributed by atoms with van der Waals surface area (Å²) in [7, 11) is 2.25. The third-order valence-corrected chi connectivity index (χ3v) is 5.23. The number of nitrogens with one attached hydrogen (secondary N) is 2. The summed E-state index contributed by atoms with van der Waals surface area (Å²) >= 11 is 0. The molecule has 6 nitrogen and oxygen atoms in total. The summed E-state index contributed by atoms with van der Waals surface area (Å²) in [4.78, 5) is 9.74. The van der Waals surface area contributed by atoms with Gasteiger partial charge in [0.15, 0.2) is 5.96 Å². The van der Waals surface area contributed by atoms with E-state index >= 15 is 0 Å². The lowest BCUT2D eigenvalue weighted by Gasteiger charge is -2.31. The van der Waals surface area contributed by atoms with Gasteiger partial charge in [-0.05, 0) is 33.7 Å². The van der Waals surface area contributed by atoms with Crippen molar-refractivity contribution in [2.75, 3.05) is 59.5 Å². The van der Waals surface area contributed by atoms with Crippen LogP contribution in [-0.2, 0) is 4.74 Å². The summed E-state index contributed by atoms with van der Waals surface area (Å²) in [5, 5.41) is 6.85. The molecule has 24 heavy (non-hydrogen) atoms. The minimum Gasteiger partial charge on any atom is -0.379 e. The van der Waals surface area contributed by atoms with Crippen molar-refractivity contribution in [1.82, 2.24) is 20.4 Å². The maximum absolute atomic E-state index is 5.42. The Morgan fingerprint density at radius 3 is 2.62 bits per heavy atom. The van der Waals surface area contributed by atoms with Crippen LogP contribution in [0.1, 0.15) is 39.5 Å². The molecule has 2 fully saturated rings. The molecule has 1 saturated carbocycles. The predicted molar refractivity (Wildman–Crippen MR) is 101 cm³/mol. The molecule has 0 aromatic heterocycles. The topological polar surface area (TPSA) is 52.1 Å². The van der Waals surface area contributed by atoms with Crippen LogP contribution in [0.15, 0.2) is 4.99 Å². The second-order valence-electron chi connectivity index (χ2n) is 7.06. The molecule has 1 atom stereocenters. The van der Waals surface area contributed by atoms with Crippen LogP contribution in [0.25, 0.3) is 0 Å². The molecular formula is C18H37N5O. The molecule has 0 aromatic rings. The average Bonchev–Trinajstić information content (AvgIpc) is 3.14. The Morgan fingerprint density at radius 1 is 1.25 bits per heavy atom. The van der Waals surface area contributed by atoms with Gasteiger partial charge in [0.1, 0.15) is 0 Å². The standard InChI is InChI=1S/C18H37N5O/c1-4-19-18(20-9-10-22(3)17-7-5-6-8-17)21-15-16(2)23-11-13-24-14-12-23/h16-17H,4-15H2,1-3H3,(H2,19,20,21). The van der Waals surface area contributed by atoms with Gasteiger partial charge in [-0.2, -0.15) is 0 Å². The fraction of sp³-hybridized carbons (Fsp3) is 0.944. The number of aliphatic imine (C=N–C) groups is 1. The molecule has 2 N–H and O–H groups in total. The van der Waals surface area contributed by atoms with E-state index in [2.05, 4.69) is 41.3 Å². The summed E-state index contributed by atoms with van der Waals surface area (Å²) in [6.45, 7) is 11.9. The van der Waals surface area contributed by atoms with Crippen molar-refractivity contribution in [1.29, 1.82) is 0 Å². The predicted octanol–water partition coefficient (Wildman–Crippen LogP) is 1.14. The maximum atomic E-state index is 5.42. The molecule has 1 aliphatic heterocycles. The third kappa shape index (κ3) is 6.57. The van der Waals surface area contributed by atoms with E-state index in [1.807, 2.05) is 0 Å². The molecule has 0 bridgehead atoms.